The third-order valence-corrected chi connectivity index (χ3v) is 2.53. The van der Waals surface area contributed by atoms with Gasteiger partial charge in [-0.3, -0.25) is 0 Å². The van der Waals surface area contributed by atoms with Crippen LogP contribution < -0.4 is 5.69 Å². The fourth-order valence-corrected chi connectivity index (χ4v) is 1.60. The molecule has 0 radical (unpaired) electrons. The van der Waals surface area contributed by atoms with Gasteiger partial charge in [-0.2, -0.15) is 0 Å². The first kappa shape index (κ1) is 10.0. The molecular formula is C10H6BrFN2O. The average Bonchev–Trinajstić information content (AvgIpc) is 2.22. The minimum Gasteiger partial charge on any atom is -0.305 e. The van der Waals surface area contributed by atoms with Crippen LogP contribution in [0.2, 0.25) is 0 Å². The molecule has 2 rings (SSSR count). The minimum absolute atomic E-state index is 0.337. The van der Waals surface area contributed by atoms with Gasteiger partial charge in [0.25, 0.3) is 0 Å². The smallest absolute Gasteiger partial charge is 0.305 e. The standard InChI is InChI=1S/C10H6BrFN2O/c11-7-3-1-2-6(9(7)12)8-4-5-13-10(15)14-8/h1-5H,(H,13,14,15). The van der Waals surface area contributed by atoms with Crippen molar-refractivity contribution >= 4 is 15.9 Å². The fraction of sp³-hybridized carbons (Fsp3) is 0. The van der Waals surface area contributed by atoms with Gasteiger partial charge in [-0.15, -0.1) is 0 Å². The molecule has 0 spiro atoms. The predicted octanol–water partition coefficient (Wildman–Crippen LogP) is 2.34. The van der Waals surface area contributed by atoms with Crippen molar-refractivity contribution in [2.45, 2.75) is 0 Å². The summed E-state index contributed by atoms with van der Waals surface area (Å²) < 4.78 is 14.0. The summed E-state index contributed by atoms with van der Waals surface area (Å²) in [7, 11) is 0. The van der Waals surface area contributed by atoms with Gasteiger partial charge in [0, 0.05) is 11.8 Å². The van der Waals surface area contributed by atoms with E-state index in [0.717, 1.165) is 0 Å². The Hall–Kier alpha value is -1.49. The quantitative estimate of drug-likeness (QED) is 0.863. The second-order valence-electron chi connectivity index (χ2n) is 2.89. The summed E-state index contributed by atoms with van der Waals surface area (Å²) in [4.78, 5) is 16.9. The van der Waals surface area contributed by atoms with Crippen molar-refractivity contribution in [3.05, 3.63) is 51.2 Å². The number of nitrogens with one attached hydrogen (secondary N) is 1. The molecule has 2 aromatic rings. The van der Waals surface area contributed by atoms with Crippen LogP contribution in [0.1, 0.15) is 0 Å². The van der Waals surface area contributed by atoms with Gasteiger partial charge in [-0.25, -0.2) is 14.2 Å². The summed E-state index contributed by atoms with van der Waals surface area (Å²) in [5, 5.41) is 0. The molecule has 0 atom stereocenters. The highest BCUT2D eigenvalue weighted by Gasteiger charge is 2.08. The summed E-state index contributed by atoms with van der Waals surface area (Å²) in [5.74, 6) is -0.403. The van der Waals surface area contributed by atoms with Crippen LogP contribution >= 0.6 is 15.9 Å². The topological polar surface area (TPSA) is 45.8 Å². The molecule has 15 heavy (non-hydrogen) atoms. The highest BCUT2D eigenvalue weighted by molar-refractivity contribution is 9.10. The predicted molar refractivity (Wildman–Crippen MR) is 58.0 cm³/mol. The third kappa shape index (κ3) is 1.97. The van der Waals surface area contributed by atoms with Crippen molar-refractivity contribution in [2.24, 2.45) is 0 Å². The molecule has 0 aliphatic rings. The zero-order chi connectivity index (χ0) is 10.8. The molecule has 0 unspecified atom stereocenters. The van der Waals surface area contributed by atoms with Crippen LogP contribution in [0.4, 0.5) is 4.39 Å². The van der Waals surface area contributed by atoms with E-state index in [1.807, 2.05) is 0 Å². The number of rotatable bonds is 1. The molecule has 0 fully saturated rings. The van der Waals surface area contributed by atoms with Crippen molar-refractivity contribution < 1.29 is 4.39 Å². The number of hydrogen-bond acceptors (Lipinski definition) is 2. The lowest BCUT2D eigenvalue weighted by Gasteiger charge is -2.03. The Morgan fingerprint density at radius 1 is 1.33 bits per heavy atom. The summed E-state index contributed by atoms with van der Waals surface area (Å²) >= 11 is 3.08. The zero-order valence-electron chi connectivity index (χ0n) is 7.50. The molecule has 1 aromatic heterocycles. The Morgan fingerprint density at radius 2 is 2.13 bits per heavy atom. The van der Waals surface area contributed by atoms with E-state index in [1.54, 1.807) is 24.3 Å². The number of nitrogens with zero attached hydrogens (tertiary/aromatic N) is 1. The first-order valence-corrected chi connectivity index (χ1v) is 4.97. The Balaban J connectivity index is 2.64. The molecule has 1 heterocycles. The molecular weight excluding hydrogens is 263 g/mol. The first-order valence-electron chi connectivity index (χ1n) is 4.18. The van der Waals surface area contributed by atoms with Crippen molar-refractivity contribution in [3.8, 4) is 11.3 Å². The van der Waals surface area contributed by atoms with Gasteiger partial charge in [0.05, 0.1) is 10.2 Å². The van der Waals surface area contributed by atoms with Gasteiger partial charge < -0.3 is 4.98 Å². The monoisotopic (exact) mass is 268 g/mol. The van der Waals surface area contributed by atoms with Crippen molar-refractivity contribution in [3.63, 3.8) is 0 Å². The molecule has 5 heteroatoms. The van der Waals surface area contributed by atoms with Crippen LogP contribution in [0.15, 0.2) is 39.7 Å². The highest BCUT2D eigenvalue weighted by Crippen LogP contribution is 2.25. The van der Waals surface area contributed by atoms with E-state index in [4.69, 9.17) is 0 Å². The summed E-state index contributed by atoms with van der Waals surface area (Å²) in [6.07, 6.45) is 1.34. The molecule has 3 nitrogen and oxygen atoms in total. The van der Waals surface area contributed by atoms with E-state index >= 15 is 0 Å². The minimum atomic E-state index is -0.494. The number of halogens is 2. The van der Waals surface area contributed by atoms with E-state index in [0.29, 0.717) is 15.7 Å². The van der Waals surface area contributed by atoms with Gasteiger partial charge in [-0.05, 0) is 34.1 Å². The Kier molecular flexibility index (Phi) is 2.64. The Bertz CT molecular complexity index is 553. The van der Waals surface area contributed by atoms with Gasteiger partial charge in [0.2, 0.25) is 0 Å². The normalized spacial score (nSPS) is 10.3. The molecule has 0 aliphatic carbocycles. The lowest BCUT2D eigenvalue weighted by molar-refractivity contribution is 0.624. The molecule has 76 valence electrons. The SMILES string of the molecule is O=c1nccc(-c2cccc(Br)c2F)[nH]1. The van der Waals surface area contributed by atoms with Gasteiger partial charge in [0.1, 0.15) is 5.82 Å². The van der Waals surface area contributed by atoms with Gasteiger partial charge in [-0.1, -0.05) is 6.07 Å². The Labute approximate surface area is 93.1 Å². The molecule has 0 bridgehead atoms. The van der Waals surface area contributed by atoms with Crippen LogP contribution in [0.3, 0.4) is 0 Å². The van der Waals surface area contributed by atoms with E-state index in [-0.39, 0.29) is 0 Å². The lowest BCUT2D eigenvalue weighted by Crippen LogP contribution is -2.09. The second kappa shape index (κ2) is 3.94. The summed E-state index contributed by atoms with van der Waals surface area (Å²) in [6, 6.07) is 6.43. The summed E-state index contributed by atoms with van der Waals surface area (Å²) in [6.45, 7) is 0. The molecule has 0 amide bonds. The second-order valence-corrected chi connectivity index (χ2v) is 3.74. The maximum atomic E-state index is 13.6. The third-order valence-electron chi connectivity index (χ3n) is 1.92. The molecule has 0 aliphatic heterocycles. The largest absolute Gasteiger partial charge is 0.345 e. The average molecular weight is 269 g/mol. The number of H-pyrrole nitrogens is 1. The van der Waals surface area contributed by atoms with Crippen LogP contribution in [0.5, 0.6) is 0 Å². The maximum absolute atomic E-state index is 13.6. The number of hydrogen-bond donors (Lipinski definition) is 1. The van der Waals surface area contributed by atoms with Crippen molar-refractivity contribution in [1.82, 2.24) is 9.97 Å². The zero-order valence-corrected chi connectivity index (χ0v) is 9.08. The molecule has 1 N–H and O–H groups in total. The van der Waals surface area contributed by atoms with Crippen LogP contribution in [0, 0.1) is 5.82 Å². The van der Waals surface area contributed by atoms with E-state index in [2.05, 4.69) is 25.9 Å². The summed E-state index contributed by atoms with van der Waals surface area (Å²) in [5.41, 5.74) is 0.254. The van der Waals surface area contributed by atoms with Crippen LogP contribution in [0.25, 0.3) is 11.3 Å². The Morgan fingerprint density at radius 3 is 2.87 bits per heavy atom. The number of aromatic nitrogens is 2. The van der Waals surface area contributed by atoms with E-state index in [9.17, 15) is 9.18 Å². The van der Waals surface area contributed by atoms with Crippen molar-refractivity contribution in [1.29, 1.82) is 0 Å². The maximum Gasteiger partial charge on any atom is 0.345 e. The lowest BCUT2D eigenvalue weighted by atomic mass is 10.1. The van der Waals surface area contributed by atoms with Gasteiger partial charge >= 0.3 is 5.69 Å². The molecule has 1 aromatic carbocycles. The van der Waals surface area contributed by atoms with Crippen LogP contribution in [-0.4, -0.2) is 9.97 Å². The van der Waals surface area contributed by atoms with Crippen LogP contribution in [-0.2, 0) is 0 Å². The van der Waals surface area contributed by atoms with E-state index < -0.39 is 11.5 Å². The highest BCUT2D eigenvalue weighted by atomic mass is 79.9. The first-order chi connectivity index (χ1) is 7.18. The van der Waals surface area contributed by atoms with E-state index in [1.165, 1.54) is 6.20 Å². The van der Waals surface area contributed by atoms with Gasteiger partial charge in [0.15, 0.2) is 0 Å². The fourth-order valence-electron chi connectivity index (χ4n) is 1.24. The number of aromatic amines is 1. The number of benzene rings is 1. The molecule has 0 saturated carbocycles. The molecule has 0 saturated heterocycles. The van der Waals surface area contributed by atoms with Crippen molar-refractivity contribution in [2.75, 3.05) is 0 Å².